The summed E-state index contributed by atoms with van der Waals surface area (Å²) in [6.07, 6.45) is -4.39. The van der Waals surface area contributed by atoms with Gasteiger partial charge in [0, 0.05) is 13.1 Å². The van der Waals surface area contributed by atoms with Crippen LogP contribution < -0.4 is 5.56 Å². The van der Waals surface area contributed by atoms with Crippen LogP contribution in [0.2, 0.25) is 0 Å². The number of aromatic nitrogens is 2. The summed E-state index contributed by atoms with van der Waals surface area (Å²) in [5.41, 5.74) is 0.00455. The van der Waals surface area contributed by atoms with E-state index in [1.807, 2.05) is 19.0 Å². The molecule has 1 amide bonds. The number of carboxylic acid groups (broad SMARTS) is 1. The molecule has 4 rings (SSSR count). The summed E-state index contributed by atoms with van der Waals surface area (Å²) in [7, 11) is 3.79. The Hall–Kier alpha value is -3.48. The van der Waals surface area contributed by atoms with E-state index in [1.54, 1.807) is 21.6 Å². The fourth-order valence-corrected chi connectivity index (χ4v) is 3.85. The van der Waals surface area contributed by atoms with Gasteiger partial charge < -0.3 is 19.7 Å². The number of hydrogen-bond donors (Lipinski definition) is 2. The molecule has 33 heavy (non-hydrogen) atoms. The molecule has 3 heterocycles. The van der Waals surface area contributed by atoms with Gasteiger partial charge in [0.05, 0.1) is 12.1 Å². The van der Waals surface area contributed by atoms with E-state index in [2.05, 4.69) is 4.98 Å². The van der Waals surface area contributed by atoms with Crippen molar-refractivity contribution in [3.8, 4) is 5.75 Å². The largest absolute Gasteiger partial charge is 0.501 e. The van der Waals surface area contributed by atoms with E-state index in [4.69, 9.17) is 9.90 Å². The van der Waals surface area contributed by atoms with Crippen LogP contribution in [0, 0.1) is 5.82 Å². The van der Waals surface area contributed by atoms with Crippen LogP contribution in [0.3, 0.4) is 0 Å². The minimum Gasteiger partial charge on any atom is -0.501 e. The van der Waals surface area contributed by atoms with Crippen LogP contribution in [0.1, 0.15) is 40.4 Å². The Balaban J connectivity index is 0.000000383. The van der Waals surface area contributed by atoms with Crippen molar-refractivity contribution in [2.75, 3.05) is 20.6 Å². The van der Waals surface area contributed by atoms with Gasteiger partial charge >= 0.3 is 17.7 Å². The van der Waals surface area contributed by atoms with Gasteiger partial charge in [0.2, 0.25) is 5.75 Å². The van der Waals surface area contributed by atoms with E-state index in [9.17, 15) is 32.3 Å². The topological polar surface area (TPSA) is 116 Å². The Kier molecular flexibility index (Phi) is 6.45. The molecule has 9 nitrogen and oxygen atoms in total. The molecule has 1 aromatic carbocycles. The first kappa shape index (κ1) is 24.2. The monoisotopic (exact) mass is 472 g/mol. The number of halogens is 4. The van der Waals surface area contributed by atoms with Crippen molar-refractivity contribution in [1.82, 2.24) is 19.4 Å². The first-order valence-corrected chi connectivity index (χ1v) is 9.67. The molecular formula is C20H20F4N4O5. The molecule has 0 aliphatic carbocycles. The highest BCUT2D eigenvalue weighted by Crippen LogP contribution is 2.41. The van der Waals surface area contributed by atoms with Gasteiger partial charge in [0.15, 0.2) is 5.69 Å². The Morgan fingerprint density at radius 3 is 2.30 bits per heavy atom. The van der Waals surface area contributed by atoms with Crippen LogP contribution in [-0.4, -0.2) is 68.3 Å². The number of aromatic hydroxyl groups is 1. The van der Waals surface area contributed by atoms with E-state index in [0.717, 1.165) is 5.56 Å². The van der Waals surface area contributed by atoms with Crippen molar-refractivity contribution in [3.05, 3.63) is 57.5 Å². The molecule has 2 N–H and O–H groups in total. The predicted octanol–water partition coefficient (Wildman–Crippen LogP) is 1.92. The second kappa shape index (κ2) is 8.81. The minimum atomic E-state index is -5.08. The summed E-state index contributed by atoms with van der Waals surface area (Å²) in [6, 6.07) is 5.78. The SMILES string of the molecule is CN(C)C1CC2CN(Cc3ccc(F)cc3)C(=O)c3c(O)c(=O)nc1n32.O=C(O)C(F)(F)F. The lowest BCUT2D eigenvalue weighted by Crippen LogP contribution is -2.43. The number of nitrogens with zero attached hydrogens (tertiary/aromatic N) is 4. The molecule has 2 atom stereocenters. The number of alkyl halides is 3. The smallest absolute Gasteiger partial charge is 0.490 e. The summed E-state index contributed by atoms with van der Waals surface area (Å²) >= 11 is 0. The van der Waals surface area contributed by atoms with Gasteiger partial charge in [0.25, 0.3) is 5.91 Å². The molecule has 0 fully saturated rings. The summed E-state index contributed by atoms with van der Waals surface area (Å²) in [6.45, 7) is 0.734. The van der Waals surface area contributed by atoms with Crippen molar-refractivity contribution >= 4 is 11.9 Å². The minimum absolute atomic E-state index is 0.00251. The highest BCUT2D eigenvalue weighted by atomic mass is 19.4. The van der Waals surface area contributed by atoms with E-state index in [-0.39, 0.29) is 30.1 Å². The molecule has 0 spiro atoms. The van der Waals surface area contributed by atoms with Gasteiger partial charge in [-0.2, -0.15) is 18.2 Å². The Morgan fingerprint density at radius 1 is 1.21 bits per heavy atom. The quantitative estimate of drug-likeness (QED) is 0.656. The number of benzene rings is 1. The van der Waals surface area contributed by atoms with Crippen LogP contribution in [-0.2, 0) is 11.3 Å². The fraction of sp³-hybridized carbons (Fsp3) is 0.400. The van der Waals surface area contributed by atoms with Gasteiger partial charge in [-0.15, -0.1) is 0 Å². The molecule has 0 saturated heterocycles. The number of carboxylic acids is 1. The molecule has 0 saturated carbocycles. The van der Waals surface area contributed by atoms with Crippen molar-refractivity contribution in [2.45, 2.75) is 31.2 Å². The molecule has 0 radical (unpaired) electrons. The molecule has 178 valence electrons. The zero-order valence-electron chi connectivity index (χ0n) is 17.5. The van der Waals surface area contributed by atoms with Gasteiger partial charge in [-0.1, -0.05) is 12.1 Å². The number of rotatable bonds is 3. The van der Waals surface area contributed by atoms with Gasteiger partial charge in [0.1, 0.15) is 11.6 Å². The van der Waals surface area contributed by atoms with Crippen LogP contribution in [0.25, 0.3) is 0 Å². The Morgan fingerprint density at radius 2 is 1.79 bits per heavy atom. The Bertz CT molecular complexity index is 1130. The lowest BCUT2D eigenvalue weighted by molar-refractivity contribution is -0.192. The maximum absolute atomic E-state index is 13.1. The standard InChI is InChI=1S/C18H19FN4O3.C2HF3O2/c1-21(2)13-7-12-9-22(8-10-3-5-11(19)6-4-10)18(26)14-15(24)17(25)20-16(13)23(12)14;3-2(4,5)1(6)7/h3-6,12-13,24H,7-9H2,1-2H3;(H,6,7). The predicted molar refractivity (Wildman–Crippen MR) is 105 cm³/mol. The number of amides is 1. The zero-order valence-corrected chi connectivity index (χ0v) is 17.5. The lowest BCUT2D eigenvalue weighted by atomic mass is 10.1. The molecule has 2 unspecified atom stereocenters. The van der Waals surface area contributed by atoms with E-state index < -0.39 is 29.4 Å². The Labute approximate surface area is 184 Å². The number of aliphatic carboxylic acids is 1. The zero-order chi connectivity index (χ0) is 24.7. The third-order valence-electron chi connectivity index (χ3n) is 5.36. The summed E-state index contributed by atoms with van der Waals surface area (Å²) < 4.78 is 46.6. The van der Waals surface area contributed by atoms with E-state index >= 15 is 0 Å². The van der Waals surface area contributed by atoms with Crippen molar-refractivity contribution in [2.24, 2.45) is 0 Å². The normalized spacial score (nSPS) is 19.2. The molecule has 0 bridgehead atoms. The van der Waals surface area contributed by atoms with Gasteiger partial charge in [-0.05, 0) is 38.2 Å². The molecule has 1 aromatic heterocycles. The summed E-state index contributed by atoms with van der Waals surface area (Å²) in [4.78, 5) is 41.5. The first-order chi connectivity index (χ1) is 15.3. The molecule has 2 aromatic rings. The van der Waals surface area contributed by atoms with Crippen molar-refractivity contribution in [1.29, 1.82) is 0 Å². The average molecular weight is 472 g/mol. The van der Waals surface area contributed by atoms with Crippen LogP contribution in [0.4, 0.5) is 17.6 Å². The molecular weight excluding hydrogens is 452 g/mol. The van der Waals surface area contributed by atoms with E-state index in [0.29, 0.717) is 18.8 Å². The van der Waals surface area contributed by atoms with Crippen LogP contribution in [0.15, 0.2) is 29.1 Å². The number of hydrogen-bond acceptors (Lipinski definition) is 6. The van der Waals surface area contributed by atoms with Crippen LogP contribution in [0.5, 0.6) is 5.75 Å². The fourth-order valence-electron chi connectivity index (χ4n) is 3.85. The molecule has 13 heteroatoms. The third kappa shape index (κ3) is 4.82. The maximum Gasteiger partial charge on any atom is 0.490 e. The van der Waals surface area contributed by atoms with Gasteiger partial charge in [-0.3, -0.25) is 14.5 Å². The lowest BCUT2D eigenvalue weighted by Gasteiger charge is -2.33. The van der Waals surface area contributed by atoms with Gasteiger partial charge in [-0.25, -0.2) is 9.18 Å². The molecule has 2 aliphatic heterocycles. The maximum atomic E-state index is 13.1. The highest BCUT2D eigenvalue weighted by molar-refractivity contribution is 5.96. The highest BCUT2D eigenvalue weighted by Gasteiger charge is 2.43. The van der Waals surface area contributed by atoms with Crippen molar-refractivity contribution in [3.63, 3.8) is 0 Å². The number of carbonyl (C=O) groups is 2. The summed E-state index contributed by atoms with van der Waals surface area (Å²) in [5.74, 6) is -3.59. The summed E-state index contributed by atoms with van der Waals surface area (Å²) in [5, 5.41) is 17.3. The van der Waals surface area contributed by atoms with Crippen LogP contribution >= 0.6 is 0 Å². The average Bonchev–Trinajstić information content (AvgIpc) is 3.07. The molecule has 2 aliphatic rings. The second-order valence-corrected chi connectivity index (χ2v) is 7.83. The van der Waals surface area contributed by atoms with Crippen molar-refractivity contribution < 1.29 is 37.4 Å². The van der Waals surface area contributed by atoms with E-state index in [1.165, 1.54) is 12.1 Å². The third-order valence-corrected chi connectivity index (χ3v) is 5.36. The number of carbonyl (C=O) groups excluding carboxylic acids is 1. The second-order valence-electron chi connectivity index (χ2n) is 7.83. The first-order valence-electron chi connectivity index (χ1n) is 9.67.